The molecule has 2 unspecified atom stereocenters. The molecule has 200 valence electrons. The number of ether oxygens (including phenoxy) is 2. The van der Waals surface area contributed by atoms with Crippen LogP contribution < -0.4 is 0 Å². The first-order valence-corrected chi connectivity index (χ1v) is 12.4. The van der Waals surface area contributed by atoms with Crippen LogP contribution in [0.25, 0.3) is 0 Å². The first kappa shape index (κ1) is 29.5. The standard InChI is InChI=1S/C26H40N4O6/c1-19(31)9-10-24(26(34)36-5)30-16-14-28(3)13-15-29(17-21-7-6-8-22(18-30)27-21)23(20(2)32)11-12-25(33)35-4/h6-8,23-24H,9-18H2,1-5H3. The normalized spacial score (nSPS) is 17.8. The number of rotatable bonds is 10. The number of Topliss-reactive ketones (excluding diaryl/α,β-unsaturated/α-hetero) is 2. The molecule has 1 aromatic rings. The highest BCUT2D eigenvalue weighted by Crippen LogP contribution is 2.18. The van der Waals surface area contributed by atoms with Crippen molar-refractivity contribution in [3.05, 3.63) is 29.6 Å². The summed E-state index contributed by atoms with van der Waals surface area (Å²) in [6.07, 6.45) is 1.24. The summed E-state index contributed by atoms with van der Waals surface area (Å²) in [5, 5.41) is 0. The number of methoxy groups -OCH3 is 2. The van der Waals surface area contributed by atoms with Gasteiger partial charge >= 0.3 is 11.9 Å². The number of ketones is 2. The Morgan fingerprint density at radius 1 is 0.861 bits per heavy atom. The molecule has 10 heteroatoms. The number of aromatic nitrogens is 1. The van der Waals surface area contributed by atoms with Gasteiger partial charge in [0.2, 0.25) is 0 Å². The maximum Gasteiger partial charge on any atom is 0.323 e. The van der Waals surface area contributed by atoms with Gasteiger partial charge in [-0.25, -0.2) is 0 Å². The van der Waals surface area contributed by atoms with Crippen LogP contribution in [0.1, 0.15) is 50.9 Å². The zero-order chi connectivity index (χ0) is 26.7. The molecule has 0 aromatic carbocycles. The van der Waals surface area contributed by atoms with E-state index in [1.807, 2.05) is 30.1 Å². The van der Waals surface area contributed by atoms with Gasteiger partial charge in [0.05, 0.1) is 31.6 Å². The molecule has 2 bridgehead atoms. The molecule has 0 saturated heterocycles. The van der Waals surface area contributed by atoms with E-state index < -0.39 is 12.1 Å². The van der Waals surface area contributed by atoms with Crippen LogP contribution in [0, 0.1) is 0 Å². The van der Waals surface area contributed by atoms with Gasteiger partial charge in [0.1, 0.15) is 17.6 Å². The lowest BCUT2D eigenvalue weighted by Crippen LogP contribution is -2.47. The zero-order valence-electron chi connectivity index (χ0n) is 22.2. The Bertz CT molecular complexity index is 908. The predicted octanol–water partition coefficient (Wildman–Crippen LogP) is 1.45. The number of carbonyl (C=O) groups excluding carboxylic acids is 4. The lowest BCUT2D eigenvalue weighted by Gasteiger charge is -2.34. The van der Waals surface area contributed by atoms with Crippen LogP contribution in [-0.4, -0.2) is 103 Å². The van der Waals surface area contributed by atoms with Crippen molar-refractivity contribution in [3.8, 4) is 0 Å². The largest absolute Gasteiger partial charge is 0.469 e. The van der Waals surface area contributed by atoms with Crippen LogP contribution in [0.15, 0.2) is 18.2 Å². The summed E-state index contributed by atoms with van der Waals surface area (Å²) in [5.41, 5.74) is 1.60. The maximum absolute atomic E-state index is 12.6. The molecule has 0 aliphatic carbocycles. The topological polar surface area (TPSA) is 109 Å². The van der Waals surface area contributed by atoms with Gasteiger partial charge in [0.15, 0.2) is 0 Å². The molecular weight excluding hydrogens is 464 g/mol. The van der Waals surface area contributed by atoms with Crippen LogP contribution in [0.5, 0.6) is 0 Å². The van der Waals surface area contributed by atoms with E-state index in [2.05, 4.69) is 9.80 Å². The number of hydrogen-bond acceptors (Lipinski definition) is 10. The van der Waals surface area contributed by atoms with Crippen LogP contribution in [0.4, 0.5) is 0 Å². The van der Waals surface area contributed by atoms with E-state index in [9.17, 15) is 19.2 Å². The molecule has 0 N–H and O–H groups in total. The summed E-state index contributed by atoms with van der Waals surface area (Å²) >= 11 is 0. The van der Waals surface area contributed by atoms with Crippen LogP contribution in [0.2, 0.25) is 0 Å². The molecule has 0 radical (unpaired) electrons. The fraction of sp³-hybridized carbons (Fsp3) is 0.654. The molecule has 36 heavy (non-hydrogen) atoms. The van der Waals surface area contributed by atoms with Gasteiger partial charge in [0, 0.05) is 52.1 Å². The number of pyridine rings is 1. The second-order valence-corrected chi connectivity index (χ2v) is 9.39. The molecule has 1 aromatic heterocycles. The van der Waals surface area contributed by atoms with Crippen molar-refractivity contribution in [2.75, 3.05) is 47.4 Å². The molecule has 2 atom stereocenters. The Morgan fingerprint density at radius 3 is 1.92 bits per heavy atom. The van der Waals surface area contributed by atoms with Gasteiger partial charge in [-0.05, 0) is 45.9 Å². The average molecular weight is 505 g/mol. The molecule has 1 aliphatic heterocycles. The molecule has 2 rings (SSSR count). The summed E-state index contributed by atoms with van der Waals surface area (Å²) in [5.74, 6) is -0.661. The molecule has 10 nitrogen and oxygen atoms in total. The van der Waals surface area contributed by atoms with E-state index in [1.165, 1.54) is 21.1 Å². The average Bonchev–Trinajstić information content (AvgIpc) is 2.84. The molecule has 0 saturated carbocycles. The van der Waals surface area contributed by atoms with E-state index in [-0.39, 0.29) is 29.9 Å². The minimum atomic E-state index is -0.544. The minimum Gasteiger partial charge on any atom is -0.469 e. The Morgan fingerprint density at radius 2 is 1.42 bits per heavy atom. The van der Waals surface area contributed by atoms with Gasteiger partial charge in [0.25, 0.3) is 0 Å². The van der Waals surface area contributed by atoms with Gasteiger partial charge in [-0.15, -0.1) is 0 Å². The van der Waals surface area contributed by atoms with Crippen molar-refractivity contribution in [2.45, 2.75) is 64.7 Å². The first-order valence-electron chi connectivity index (χ1n) is 12.4. The predicted molar refractivity (Wildman–Crippen MR) is 134 cm³/mol. The molecule has 0 amide bonds. The third-order valence-corrected chi connectivity index (χ3v) is 6.58. The lowest BCUT2D eigenvalue weighted by atomic mass is 10.0. The molecule has 0 spiro atoms. The van der Waals surface area contributed by atoms with E-state index in [1.54, 1.807) is 6.92 Å². The van der Waals surface area contributed by atoms with Crippen LogP contribution in [-0.2, 0) is 41.7 Å². The number of esters is 2. The highest BCUT2D eigenvalue weighted by Gasteiger charge is 2.29. The molecule has 0 fully saturated rings. The van der Waals surface area contributed by atoms with Crippen molar-refractivity contribution in [1.82, 2.24) is 19.7 Å². The number of fused-ring (bicyclic) bond motifs is 2. The van der Waals surface area contributed by atoms with E-state index in [0.717, 1.165) is 11.4 Å². The minimum absolute atomic E-state index is 0.00220. The third kappa shape index (κ3) is 9.40. The zero-order valence-corrected chi connectivity index (χ0v) is 22.2. The Balaban J connectivity index is 2.33. The van der Waals surface area contributed by atoms with Crippen molar-refractivity contribution in [3.63, 3.8) is 0 Å². The number of likely N-dealkylation sites (N-methyl/N-ethyl adjacent to an activating group) is 1. The highest BCUT2D eigenvalue weighted by atomic mass is 16.5. The summed E-state index contributed by atoms with van der Waals surface area (Å²) in [7, 11) is 4.71. The maximum atomic E-state index is 12.6. The molecule has 2 heterocycles. The number of nitrogens with zero attached hydrogens (tertiary/aromatic N) is 4. The number of hydrogen-bond donors (Lipinski definition) is 0. The summed E-state index contributed by atoms with van der Waals surface area (Å²) in [6, 6.07) is 4.79. The first-order chi connectivity index (χ1) is 17.1. The highest BCUT2D eigenvalue weighted by molar-refractivity contribution is 5.82. The van der Waals surface area contributed by atoms with Crippen molar-refractivity contribution in [2.24, 2.45) is 0 Å². The Kier molecular flexibility index (Phi) is 12.1. The van der Waals surface area contributed by atoms with Gasteiger partial charge in [-0.1, -0.05) is 6.07 Å². The van der Waals surface area contributed by atoms with Gasteiger partial charge in [-0.2, -0.15) is 0 Å². The van der Waals surface area contributed by atoms with E-state index >= 15 is 0 Å². The van der Waals surface area contributed by atoms with Crippen molar-refractivity contribution >= 4 is 23.5 Å². The van der Waals surface area contributed by atoms with Crippen molar-refractivity contribution in [1.29, 1.82) is 0 Å². The fourth-order valence-corrected chi connectivity index (χ4v) is 4.45. The SMILES string of the molecule is COC(=O)CCC(C(C)=O)N1CCN(C)CCN(C(CCC(C)=O)C(=O)OC)Cc2cccc(n2)C1. The Hall–Kier alpha value is -2.69. The quantitative estimate of drug-likeness (QED) is 0.434. The monoisotopic (exact) mass is 504 g/mol. The Labute approximate surface area is 213 Å². The molecular formula is C26H40N4O6. The van der Waals surface area contributed by atoms with Crippen LogP contribution in [0.3, 0.4) is 0 Å². The molecule has 1 aliphatic rings. The second-order valence-electron chi connectivity index (χ2n) is 9.39. The number of carbonyl (C=O) groups is 4. The van der Waals surface area contributed by atoms with Gasteiger partial charge in [-0.3, -0.25) is 29.2 Å². The van der Waals surface area contributed by atoms with E-state index in [4.69, 9.17) is 14.5 Å². The van der Waals surface area contributed by atoms with Crippen LogP contribution >= 0.6 is 0 Å². The van der Waals surface area contributed by atoms with Gasteiger partial charge < -0.3 is 19.2 Å². The summed E-state index contributed by atoms with van der Waals surface area (Å²) in [6.45, 7) is 6.51. The van der Waals surface area contributed by atoms with E-state index in [0.29, 0.717) is 58.5 Å². The third-order valence-electron chi connectivity index (χ3n) is 6.58. The fourth-order valence-electron chi connectivity index (χ4n) is 4.45. The smallest absolute Gasteiger partial charge is 0.323 e. The second kappa shape index (κ2) is 14.8. The summed E-state index contributed by atoms with van der Waals surface area (Å²) in [4.78, 5) is 59.6. The summed E-state index contributed by atoms with van der Waals surface area (Å²) < 4.78 is 9.84. The lowest BCUT2D eigenvalue weighted by molar-refractivity contribution is -0.148. The van der Waals surface area contributed by atoms with Crippen molar-refractivity contribution < 1.29 is 28.7 Å².